The molecule has 8 heteroatoms. The van der Waals surface area contributed by atoms with Crippen molar-refractivity contribution < 1.29 is 9.53 Å². The molecule has 4 rings (SSSR count). The van der Waals surface area contributed by atoms with E-state index >= 15 is 0 Å². The molecule has 3 aromatic heterocycles. The molecule has 4 aromatic rings. The molecule has 0 aliphatic carbocycles. The maximum Gasteiger partial charge on any atom is 0.251 e. The van der Waals surface area contributed by atoms with Crippen molar-refractivity contribution in [1.82, 2.24) is 20.3 Å². The number of aryl methyl sites for hydroxylation is 2. The normalized spacial score (nSPS) is 10.6. The molecule has 2 N–H and O–H groups in total. The van der Waals surface area contributed by atoms with Crippen LogP contribution in [0.4, 0.5) is 11.5 Å². The van der Waals surface area contributed by atoms with Gasteiger partial charge < -0.3 is 15.4 Å². The minimum atomic E-state index is -0.145. The van der Waals surface area contributed by atoms with Crippen molar-refractivity contribution in [3.05, 3.63) is 77.1 Å². The van der Waals surface area contributed by atoms with E-state index in [9.17, 15) is 4.79 Å². The zero-order chi connectivity index (χ0) is 22.5. The van der Waals surface area contributed by atoms with Crippen molar-refractivity contribution in [2.45, 2.75) is 20.3 Å². The lowest BCUT2D eigenvalue weighted by Gasteiger charge is -2.10. The van der Waals surface area contributed by atoms with Gasteiger partial charge in [-0.3, -0.25) is 9.78 Å². The number of amides is 1. The van der Waals surface area contributed by atoms with Gasteiger partial charge in [0.25, 0.3) is 5.91 Å². The smallest absolute Gasteiger partial charge is 0.251 e. The van der Waals surface area contributed by atoms with Gasteiger partial charge in [-0.1, -0.05) is 30.4 Å². The van der Waals surface area contributed by atoms with E-state index in [1.165, 1.54) is 11.3 Å². The summed E-state index contributed by atoms with van der Waals surface area (Å²) in [6.45, 7) is 4.02. The highest BCUT2D eigenvalue weighted by molar-refractivity contribution is 7.14. The molecular weight excluding hydrogens is 422 g/mol. The largest absolute Gasteiger partial charge is 0.444 e. The Bertz CT molecular complexity index is 1250. The number of carbonyl (C=O) groups excluding carboxylic acids is 1. The van der Waals surface area contributed by atoms with Crippen molar-refractivity contribution in [2.24, 2.45) is 0 Å². The molecule has 3 heterocycles. The molecule has 0 atom stereocenters. The van der Waals surface area contributed by atoms with Crippen LogP contribution in [0.1, 0.15) is 28.0 Å². The van der Waals surface area contributed by atoms with Gasteiger partial charge in [-0.25, -0.2) is 9.97 Å². The fourth-order valence-corrected chi connectivity index (χ4v) is 3.97. The number of hydrogen-bond donors (Lipinski definition) is 2. The van der Waals surface area contributed by atoms with Crippen molar-refractivity contribution >= 4 is 28.7 Å². The molecule has 162 valence electrons. The van der Waals surface area contributed by atoms with Crippen LogP contribution < -0.4 is 15.4 Å². The highest BCUT2D eigenvalue weighted by Gasteiger charge is 2.16. The van der Waals surface area contributed by atoms with Gasteiger partial charge >= 0.3 is 0 Å². The van der Waals surface area contributed by atoms with Gasteiger partial charge in [0.1, 0.15) is 17.3 Å². The molecule has 0 aliphatic heterocycles. The Morgan fingerprint density at radius 3 is 2.72 bits per heavy atom. The molecule has 0 radical (unpaired) electrons. The van der Waals surface area contributed by atoms with Crippen molar-refractivity contribution in [2.75, 3.05) is 12.4 Å². The summed E-state index contributed by atoms with van der Waals surface area (Å²) in [4.78, 5) is 25.6. The molecule has 1 amide bonds. The number of hydrogen-bond acceptors (Lipinski definition) is 7. The van der Waals surface area contributed by atoms with E-state index in [0.717, 1.165) is 34.2 Å². The maximum absolute atomic E-state index is 11.9. The maximum atomic E-state index is 11.9. The summed E-state index contributed by atoms with van der Waals surface area (Å²) in [5, 5.41) is 7.53. The summed E-state index contributed by atoms with van der Waals surface area (Å²) >= 11 is 1.51. The van der Waals surface area contributed by atoms with Crippen LogP contribution in [0.3, 0.4) is 0 Å². The molecule has 1 aromatic carbocycles. The third-order valence-corrected chi connectivity index (χ3v) is 5.72. The van der Waals surface area contributed by atoms with Crippen molar-refractivity contribution in [1.29, 1.82) is 0 Å². The Hall–Kier alpha value is -3.78. The first-order valence-electron chi connectivity index (χ1n) is 10.2. The Labute approximate surface area is 190 Å². The van der Waals surface area contributed by atoms with Crippen LogP contribution in [0.5, 0.6) is 10.8 Å². The number of aromatic nitrogens is 3. The standard InChI is InChI=1S/C24H23N5O2S/c1-4-21-29-22(19-10-5-7-15(2)27-19)24(32-21)31-18-11-12-26-20(14-18)28-17-9-6-8-16(13-17)23(30)25-3/h5-14H,4H2,1-3H3,(H,25,30)(H,26,28). The van der Waals surface area contributed by atoms with E-state index in [-0.39, 0.29) is 5.91 Å². The lowest BCUT2D eigenvalue weighted by molar-refractivity contribution is 0.0963. The van der Waals surface area contributed by atoms with Gasteiger partial charge in [-0.15, -0.1) is 0 Å². The van der Waals surface area contributed by atoms with Gasteiger partial charge in [-0.2, -0.15) is 0 Å². The number of rotatable bonds is 7. The second-order valence-electron chi connectivity index (χ2n) is 7.03. The minimum absolute atomic E-state index is 0.145. The fraction of sp³-hybridized carbons (Fsp3) is 0.167. The fourth-order valence-electron chi connectivity index (χ4n) is 3.09. The molecular formula is C24H23N5O2S. The lowest BCUT2D eigenvalue weighted by atomic mass is 10.2. The summed E-state index contributed by atoms with van der Waals surface area (Å²) < 4.78 is 6.22. The summed E-state index contributed by atoms with van der Waals surface area (Å²) in [6, 6.07) is 16.7. The molecule has 7 nitrogen and oxygen atoms in total. The van der Waals surface area contributed by atoms with Crippen LogP contribution in [-0.2, 0) is 6.42 Å². The summed E-state index contributed by atoms with van der Waals surface area (Å²) in [6.07, 6.45) is 2.49. The Balaban J connectivity index is 1.59. The SMILES string of the molecule is CCc1nc(-c2cccc(C)n2)c(Oc2ccnc(Nc3cccc(C(=O)NC)c3)c2)s1. The van der Waals surface area contributed by atoms with Crippen LogP contribution in [-0.4, -0.2) is 27.9 Å². The average molecular weight is 446 g/mol. The Morgan fingerprint density at radius 1 is 1.09 bits per heavy atom. The predicted molar refractivity (Wildman–Crippen MR) is 127 cm³/mol. The summed E-state index contributed by atoms with van der Waals surface area (Å²) in [5.74, 6) is 1.09. The second kappa shape index (κ2) is 9.57. The van der Waals surface area contributed by atoms with Gasteiger partial charge in [0.15, 0.2) is 0 Å². The van der Waals surface area contributed by atoms with E-state index in [1.54, 1.807) is 31.4 Å². The predicted octanol–water partition coefficient (Wildman–Crippen LogP) is 5.37. The molecule has 0 fully saturated rings. The second-order valence-corrected chi connectivity index (χ2v) is 8.07. The van der Waals surface area contributed by atoms with Gasteiger partial charge in [-0.05, 0) is 49.7 Å². The van der Waals surface area contributed by atoms with Crippen LogP contribution in [0.2, 0.25) is 0 Å². The number of nitrogens with one attached hydrogen (secondary N) is 2. The molecule has 0 spiro atoms. The van der Waals surface area contributed by atoms with Crippen molar-refractivity contribution in [3.63, 3.8) is 0 Å². The summed E-state index contributed by atoms with van der Waals surface area (Å²) in [7, 11) is 1.61. The third kappa shape index (κ3) is 4.92. The van der Waals surface area contributed by atoms with Crippen LogP contribution in [0, 0.1) is 6.92 Å². The monoisotopic (exact) mass is 445 g/mol. The zero-order valence-electron chi connectivity index (χ0n) is 18.0. The molecule has 0 bridgehead atoms. The van der Waals surface area contributed by atoms with Gasteiger partial charge in [0, 0.05) is 36.3 Å². The number of carbonyl (C=O) groups is 1. The minimum Gasteiger partial charge on any atom is -0.444 e. The molecule has 0 unspecified atom stereocenters. The van der Waals surface area contributed by atoms with Crippen LogP contribution >= 0.6 is 11.3 Å². The molecule has 0 saturated heterocycles. The average Bonchev–Trinajstić information content (AvgIpc) is 3.22. The van der Waals surface area contributed by atoms with Gasteiger partial charge in [0.05, 0.1) is 10.7 Å². The number of thiazole rings is 1. The first-order chi connectivity index (χ1) is 15.6. The molecule has 0 aliphatic rings. The quantitative estimate of drug-likeness (QED) is 0.398. The highest BCUT2D eigenvalue weighted by Crippen LogP contribution is 2.38. The topological polar surface area (TPSA) is 89.0 Å². The number of ether oxygens (including phenoxy) is 1. The van der Waals surface area contributed by atoms with Crippen LogP contribution in [0.25, 0.3) is 11.4 Å². The van der Waals surface area contributed by atoms with Crippen LogP contribution in [0.15, 0.2) is 60.8 Å². The van der Waals surface area contributed by atoms with E-state index < -0.39 is 0 Å². The number of benzene rings is 1. The van der Waals surface area contributed by atoms with Crippen molar-refractivity contribution in [3.8, 4) is 22.2 Å². The third-order valence-electron chi connectivity index (χ3n) is 4.64. The Morgan fingerprint density at radius 2 is 1.94 bits per heavy atom. The first-order valence-corrected chi connectivity index (χ1v) is 11.0. The molecule has 32 heavy (non-hydrogen) atoms. The summed E-state index contributed by atoms with van der Waals surface area (Å²) in [5.41, 5.74) is 3.77. The van der Waals surface area contributed by atoms with Gasteiger partial charge in [0.2, 0.25) is 5.06 Å². The lowest BCUT2D eigenvalue weighted by Crippen LogP contribution is -2.17. The van der Waals surface area contributed by atoms with E-state index in [0.29, 0.717) is 22.2 Å². The van der Waals surface area contributed by atoms with E-state index in [2.05, 4.69) is 27.5 Å². The molecule has 0 saturated carbocycles. The van der Waals surface area contributed by atoms with E-state index in [4.69, 9.17) is 9.72 Å². The highest BCUT2D eigenvalue weighted by atomic mass is 32.1. The Kier molecular flexibility index (Phi) is 6.42. The first kappa shape index (κ1) is 21.5. The number of anilines is 2. The number of nitrogens with zero attached hydrogens (tertiary/aromatic N) is 3. The van der Waals surface area contributed by atoms with E-state index in [1.807, 2.05) is 43.3 Å². The number of pyridine rings is 2. The zero-order valence-corrected chi connectivity index (χ0v) is 18.9.